The van der Waals surface area contributed by atoms with Gasteiger partial charge in [-0.2, -0.15) is 5.10 Å². The van der Waals surface area contributed by atoms with Crippen LogP contribution in [0.2, 0.25) is 0 Å². The molecule has 0 saturated heterocycles. The van der Waals surface area contributed by atoms with Crippen LogP contribution in [-0.4, -0.2) is 20.8 Å². The highest BCUT2D eigenvalue weighted by Crippen LogP contribution is 2.20. The normalized spacial score (nSPS) is 15.2. The van der Waals surface area contributed by atoms with Crippen molar-refractivity contribution in [3.8, 4) is 5.75 Å². The van der Waals surface area contributed by atoms with Gasteiger partial charge in [-0.3, -0.25) is 9.48 Å². The lowest BCUT2D eigenvalue weighted by molar-refractivity contribution is 0.0938. The Hall–Kier alpha value is -2.37. The number of rotatable bonds is 3. The molecule has 1 aromatic carbocycles. The molecule has 0 aliphatic carbocycles. The van der Waals surface area contributed by atoms with Crippen LogP contribution in [0.15, 0.2) is 24.3 Å². The van der Waals surface area contributed by atoms with E-state index in [0.717, 1.165) is 37.2 Å². The average Bonchev–Trinajstić information content (AvgIpc) is 2.94. The fourth-order valence-electron chi connectivity index (χ4n) is 2.66. The van der Waals surface area contributed by atoms with Crippen molar-refractivity contribution in [1.29, 1.82) is 0 Å². The third-order valence-electron chi connectivity index (χ3n) is 3.93. The summed E-state index contributed by atoms with van der Waals surface area (Å²) in [7, 11) is 0. The van der Waals surface area contributed by atoms with Crippen LogP contribution in [0.5, 0.6) is 5.75 Å². The number of nitrogens with zero attached hydrogens (tertiary/aromatic N) is 2. The van der Waals surface area contributed by atoms with Gasteiger partial charge in [0.15, 0.2) is 11.6 Å². The first-order valence-corrected chi connectivity index (χ1v) is 7.40. The maximum absolute atomic E-state index is 13.0. The van der Waals surface area contributed by atoms with Gasteiger partial charge in [-0.25, -0.2) is 4.39 Å². The van der Waals surface area contributed by atoms with Gasteiger partial charge in [0.2, 0.25) is 0 Å². The highest BCUT2D eigenvalue weighted by molar-refractivity contribution is 5.94. The number of hydrogen-bond donors (Lipinski definition) is 2. The molecule has 2 aromatic rings. The molecule has 0 fully saturated rings. The van der Waals surface area contributed by atoms with E-state index in [1.54, 1.807) is 0 Å². The zero-order chi connectivity index (χ0) is 15.7. The van der Waals surface area contributed by atoms with Crippen molar-refractivity contribution in [2.45, 2.75) is 38.8 Å². The maximum Gasteiger partial charge on any atom is 0.251 e. The first kappa shape index (κ1) is 14.6. The summed E-state index contributed by atoms with van der Waals surface area (Å²) in [5.41, 5.74) is 2.23. The van der Waals surface area contributed by atoms with Gasteiger partial charge in [-0.1, -0.05) is 0 Å². The minimum Gasteiger partial charge on any atom is -0.505 e. The topological polar surface area (TPSA) is 67.2 Å². The highest BCUT2D eigenvalue weighted by Gasteiger charge is 2.18. The van der Waals surface area contributed by atoms with E-state index >= 15 is 0 Å². The Morgan fingerprint density at radius 1 is 1.41 bits per heavy atom. The van der Waals surface area contributed by atoms with Crippen molar-refractivity contribution in [3.05, 3.63) is 47.0 Å². The van der Waals surface area contributed by atoms with Crippen molar-refractivity contribution in [3.63, 3.8) is 0 Å². The molecule has 1 aliphatic rings. The molecule has 2 heterocycles. The standard InChI is InChI=1S/C16H18FN3O2/c1-10(14-9-12-4-2-3-7-20(12)19-14)18-16(22)11-5-6-13(17)15(21)8-11/h5-6,8-10,21H,2-4,7H2,1H3,(H,18,22). The molecule has 0 bridgehead atoms. The van der Waals surface area contributed by atoms with Crippen LogP contribution in [0.25, 0.3) is 0 Å². The largest absolute Gasteiger partial charge is 0.505 e. The van der Waals surface area contributed by atoms with E-state index < -0.39 is 11.6 Å². The number of nitrogens with one attached hydrogen (secondary N) is 1. The molecule has 1 aliphatic heterocycles. The molecular formula is C16H18FN3O2. The summed E-state index contributed by atoms with van der Waals surface area (Å²) < 4.78 is 15.0. The Bertz CT molecular complexity index is 688. The maximum atomic E-state index is 13.0. The number of carbonyl (C=O) groups excluding carboxylic acids is 1. The SMILES string of the molecule is CC(NC(=O)c1ccc(F)c(O)c1)c1cc2n(n1)CCCC2. The van der Waals surface area contributed by atoms with Gasteiger partial charge >= 0.3 is 0 Å². The van der Waals surface area contributed by atoms with E-state index in [0.29, 0.717) is 0 Å². The van der Waals surface area contributed by atoms with E-state index in [2.05, 4.69) is 10.4 Å². The quantitative estimate of drug-likeness (QED) is 0.915. The smallest absolute Gasteiger partial charge is 0.251 e. The number of aryl methyl sites for hydroxylation is 2. The van der Waals surface area contributed by atoms with Gasteiger partial charge in [0, 0.05) is 17.8 Å². The summed E-state index contributed by atoms with van der Waals surface area (Å²) in [6.45, 7) is 2.78. The number of phenolic OH excluding ortho intramolecular Hbond substituents is 1. The number of fused-ring (bicyclic) bond motifs is 1. The van der Waals surface area contributed by atoms with Crippen molar-refractivity contribution in [2.75, 3.05) is 0 Å². The Morgan fingerprint density at radius 3 is 2.95 bits per heavy atom. The second kappa shape index (κ2) is 5.79. The Labute approximate surface area is 127 Å². The molecule has 1 aromatic heterocycles. The molecular weight excluding hydrogens is 285 g/mol. The minimum absolute atomic E-state index is 0.217. The highest BCUT2D eigenvalue weighted by atomic mass is 19.1. The minimum atomic E-state index is -0.744. The number of hydrogen-bond acceptors (Lipinski definition) is 3. The number of phenols is 1. The molecule has 0 spiro atoms. The molecule has 22 heavy (non-hydrogen) atoms. The third-order valence-corrected chi connectivity index (χ3v) is 3.93. The molecule has 116 valence electrons. The summed E-state index contributed by atoms with van der Waals surface area (Å²) in [6, 6.07) is 5.30. The van der Waals surface area contributed by atoms with Crippen LogP contribution < -0.4 is 5.32 Å². The summed E-state index contributed by atoms with van der Waals surface area (Å²) in [5, 5.41) is 16.7. The Morgan fingerprint density at radius 2 is 2.23 bits per heavy atom. The molecule has 5 nitrogen and oxygen atoms in total. The van der Waals surface area contributed by atoms with Crippen LogP contribution in [0, 0.1) is 5.82 Å². The summed E-state index contributed by atoms with van der Waals surface area (Å²) in [5.74, 6) is -1.64. The number of benzene rings is 1. The monoisotopic (exact) mass is 303 g/mol. The fourth-order valence-corrected chi connectivity index (χ4v) is 2.66. The predicted octanol–water partition coefficient (Wildman–Crippen LogP) is 2.56. The number of aromatic hydroxyl groups is 1. The number of carbonyl (C=O) groups is 1. The van der Waals surface area contributed by atoms with E-state index in [1.165, 1.54) is 18.2 Å². The molecule has 0 saturated carbocycles. The van der Waals surface area contributed by atoms with Crippen LogP contribution in [-0.2, 0) is 13.0 Å². The molecule has 1 atom stereocenters. The fraction of sp³-hybridized carbons (Fsp3) is 0.375. The van der Waals surface area contributed by atoms with Crippen molar-refractivity contribution in [1.82, 2.24) is 15.1 Å². The van der Waals surface area contributed by atoms with Crippen molar-refractivity contribution in [2.24, 2.45) is 0 Å². The summed E-state index contributed by atoms with van der Waals surface area (Å²) in [4.78, 5) is 12.2. The number of aromatic nitrogens is 2. The Balaban J connectivity index is 1.73. The van der Waals surface area contributed by atoms with Gasteiger partial charge in [0.25, 0.3) is 5.91 Å². The lowest BCUT2D eigenvalue weighted by Crippen LogP contribution is -2.27. The molecule has 2 N–H and O–H groups in total. The molecule has 6 heteroatoms. The van der Waals surface area contributed by atoms with E-state index in [4.69, 9.17) is 0 Å². The van der Waals surface area contributed by atoms with Gasteiger partial charge in [-0.15, -0.1) is 0 Å². The first-order valence-electron chi connectivity index (χ1n) is 7.40. The lowest BCUT2D eigenvalue weighted by Gasteiger charge is -2.12. The van der Waals surface area contributed by atoms with E-state index in [9.17, 15) is 14.3 Å². The van der Waals surface area contributed by atoms with Crippen LogP contribution >= 0.6 is 0 Å². The summed E-state index contributed by atoms with van der Waals surface area (Å²) >= 11 is 0. The van der Waals surface area contributed by atoms with Gasteiger partial charge < -0.3 is 10.4 Å². The first-order chi connectivity index (χ1) is 10.5. The zero-order valence-corrected chi connectivity index (χ0v) is 12.3. The van der Waals surface area contributed by atoms with Crippen molar-refractivity contribution < 1.29 is 14.3 Å². The van der Waals surface area contributed by atoms with Crippen LogP contribution in [0.1, 0.15) is 47.6 Å². The number of halogens is 1. The van der Waals surface area contributed by atoms with Gasteiger partial charge in [-0.05, 0) is 50.5 Å². The van der Waals surface area contributed by atoms with Crippen LogP contribution in [0.4, 0.5) is 4.39 Å². The Kier molecular flexibility index (Phi) is 3.83. The third kappa shape index (κ3) is 2.81. The molecule has 0 radical (unpaired) electrons. The molecule has 1 unspecified atom stereocenters. The molecule has 1 amide bonds. The predicted molar refractivity (Wildman–Crippen MR) is 79.1 cm³/mol. The van der Waals surface area contributed by atoms with Gasteiger partial charge in [0.1, 0.15) is 0 Å². The van der Waals surface area contributed by atoms with E-state index in [-0.39, 0.29) is 17.5 Å². The average molecular weight is 303 g/mol. The van der Waals surface area contributed by atoms with Crippen LogP contribution in [0.3, 0.4) is 0 Å². The van der Waals surface area contributed by atoms with Crippen molar-refractivity contribution >= 4 is 5.91 Å². The second-order valence-electron chi connectivity index (χ2n) is 5.60. The number of amides is 1. The zero-order valence-electron chi connectivity index (χ0n) is 12.3. The lowest BCUT2D eigenvalue weighted by atomic mass is 10.1. The second-order valence-corrected chi connectivity index (χ2v) is 5.60. The van der Waals surface area contributed by atoms with E-state index in [1.807, 2.05) is 17.7 Å². The van der Waals surface area contributed by atoms with Gasteiger partial charge in [0.05, 0.1) is 11.7 Å². The molecule has 3 rings (SSSR count). The summed E-state index contributed by atoms with van der Waals surface area (Å²) in [6.07, 6.45) is 3.31.